The van der Waals surface area contributed by atoms with E-state index in [1.165, 1.54) is 16.7 Å². The topological polar surface area (TPSA) is 81.3 Å². The highest BCUT2D eigenvalue weighted by Gasteiger charge is 2.16. The Bertz CT molecular complexity index is 1340. The second-order valence-corrected chi connectivity index (χ2v) is 8.20. The summed E-state index contributed by atoms with van der Waals surface area (Å²) in [6.45, 7) is 5.93. The Hall–Kier alpha value is -3.81. The van der Waals surface area contributed by atoms with Crippen molar-refractivity contribution in [1.29, 1.82) is 0 Å². The van der Waals surface area contributed by atoms with E-state index >= 15 is 0 Å². The average molecular weight is 433 g/mol. The van der Waals surface area contributed by atoms with Crippen LogP contribution in [0.25, 0.3) is 11.3 Å². The van der Waals surface area contributed by atoms with Gasteiger partial charge in [0.1, 0.15) is 11.6 Å². The highest BCUT2D eigenvalue weighted by Crippen LogP contribution is 2.17. The molecule has 2 heterocycles. The summed E-state index contributed by atoms with van der Waals surface area (Å²) in [6.07, 6.45) is 4.03. The fraction of sp³-hybridized carbons (Fsp3) is 0.250. The van der Waals surface area contributed by atoms with Crippen molar-refractivity contribution >= 4 is 17.2 Å². The molecule has 4 rings (SSSR count). The van der Waals surface area contributed by atoms with E-state index in [1.807, 2.05) is 32.9 Å². The van der Waals surface area contributed by atoms with Gasteiger partial charge in [0, 0.05) is 30.9 Å². The number of rotatable bonds is 6. The number of carbonyl (C=O) groups is 1. The third-order valence-electron chi connectivity index (χ3n) is 5.20. The van der Waals surface area contributed by atoms with E-state index in [0.717, 1.165) is 16.8 Å². The lowest BCUT2D eigenvalue weighted by Crippen LogP contribution is -2.21. The number of amides is 1. The van der Waals surface area contributed by atoms with Crippen LogP contribution in [-0.4, -0.2) is 25.1 Å². The molecule has 0 radical (unpaired) electrons. The van der Waals surface area contributed by atoms with Gasteiger partial charge in [0.2, 0.25) is 11.6 Å². The van der Waals surface area contributed by atoms with E-state index < -0.39 is 11.4 Å². The minimum absolute atomic E-state index is 0.0149. The molecule has 0 aliphatic rings. The van der Waals surface area contributed by atoms with Gasteiger partial charge in [0.05, 0.1) is 5.69 Å². The van der Waals surface area contributed by atoms with Crippen LogP contribution in [0.15, 0.2) is 59.7 Å². The van der Waals surface area contributed by atoms with Gasteiger partial charge < -0.3 is 5.32 Å². The summed E-state index contributed by atoms with van der Waals surface area (Å²) >= 11 is 0. The molecule has 1 atom stereocenters. The Kier molecular flexibility index (Phi) is 5.85. The number of anilines is 1. The Balaban J connectivity index is 1.48. The molecule has 0 spiro atoms. The molecule has 0 fully saturated rings. The normalized spacial score (nSPS) is 12.1. The molecule has 1 amide bonds. The number of fused-ring (bicyclic) bond motifs is 1. The maximum Gasteiger partial charge on any atom is 0.300 e. The zero-order valence-corrected chi connectivity index (χ0v) is 18.2. The number of benzene rings is 2. The van der Waals surface area contributed by atoms with Gasteiger partial charge >= 0.3 is 5.56 Å². The molecule has 0 saturated carbocycles. The van der Waals surface area contributed by atoms with E-state index in [9.17, 15) is 14.0 Å². The number of hydrogen-bond acceptors (Lipinski definition) is 4. The molecule has 0 aliphatic carbocycles. The zero-order valence-electron chi connectivity index (χ0n) is 18.2. The Morgan fingerprint density at radius 1 is 1.09 bits per heavy atom. The minimum atomic E-state index is -0.427. The lowest BCUT2D eigenvalue weighted by Gasteiger charge is -2.12. The first-order chi connectivity index (χ1) is 15.3. The number of halogens is 1. The molecule has 2 aromatic heterocycles. The first kappa shape index (κ1) is 21.4. The van der Waals surface area contributed by atoms with Crippen LogP contribution >= 0.6 is 0 Å². The van der Waals surface area contributed by atoms with Gasteiger partial charge in [-0.3, -0.25) is 18.6 Å². The second kappa shape index (κ2) is 8.74. The van der Waals surface area contributed by atoms with Gasteiger partial charge in [-0.2, -0.15) is 0 Å². The fourth-order valence-electron chi connectivity index (χ4n) is 3.86. The van der Waals surface area contributed by atoms with Crippen molar-refractivity contribution in [3.63, 3.8) is 0 Å². The van der Waals surface area contributed by atoms with Crippen LogP contribution in [0.5, 0.6) is 0 Å². The SMILES string of the molecule is Cc1cc(C)cc(NC(=O)C[C@@H](C)Cc2nnc3c(=O)n(-c4cccc(F)c4)ccn23)c1. The molecular formula is C24H24FN5O2. The van der Waals surface area contributed by atoms with Crippen LogP contribution in [0.3, 0.4) is 0 Å². The highest BCUT2D eigenvalue weighted by atomic mass is 19.1. The van der Waals surface area contributed by atoms with Crippen molar-refractivity contribution in [2.75, 3.05) is 5.32 Å². The van der Waals surface area contributed by atoms with Crippen LogP contribution in [0, 0.1) is 25.6 Å². The average Bonchev–Trinajstić information content (AvgIpc) is 3.10. The third kappa shape index (κ3) is 4.59. The summed E-state index contributed by atoms with van der Waals surface area (Å²) < 4.78 is 16.5. The quantitative estimate of drug-likeness (QED) is 0.501. The minimum Gasteiger partial charge on any atom is -0.326 e. The summed E-state index contributed by atoms with van der Waals surface area (Å²) in [5.74, 6) is 0.0725. The molecule has 2 aromatic carbocycles. The summed E-state index contributed by atoms with van der Waals surface area (Å²) in [7, 11) is 0. The van der Waals surface area contributed by atoms with Crippen LogP contribution < -0.4 is 10.9 Å². The van der Waals surface area contributed by atoms with E-state index in [0.29, 0.717) is 24.4 Å². The first-order valence-corrected chi connectivity index (χ1v) is 10.4. The van der Waals surface area contributed by atoms with Crippen LogP contribution in [0.2, 0.25) is 0 Å². The molecule has 0 aliphatic heterocycles. The molecule has 0 unspecified atom stereocenters. The largest absolute Gasteiger partial charge is 0.326 e. The van der Waals surface area contributed by atoms with E-state index in [2.05, 4.69) is 21.6 Å². The molecule has 1 N–H and O–H groups in total. The Labute approximate surface area is 184 Å². The molecule has 8 heteroatoms. The summed E-state index contributed by atoms with van der Waals surface area (Å²) in [6, 6.07) is 11.7. The molecule has 4 aromatic rings. The van der Waals surface area contributed by atoms with Crippen molar-refractivity contribution < 1.29 is 9.18 Å². The molecule has 0 saturated heterocycles. The van der Waals surface area contributed by atoms with Crippen LogP contribution in [-0.2, 0) is 11.2 Å². The lowest BCUT2D eigenvalue weighted by molar-refractivity contribution is -0.116. The predicted octanol–water partition coefficient (Wildman–Crippen LogP) is 3.84. The van der Waals surface area contributed by atoms with E-state index in [1.54, 1.807) is 28.9 Å². The van der Waals surface area contributed by atoms with Crippen molar-refractivity contribution in [1.82, 2.24) is 19.2 Å². The summed E-state index contributed by atoms with van der Waals surface area (Å²) in [4.78, 5) is 25.3. The second-order valence-electron chi connectivity index (χ2n) is 8.20. The summed E-state index contributed by atoms with van der Waals surface area (Å²) in [5.41, 5.74) is 3.14. The molecular weight excluding hydrogens is 409 g/mol. The van der Waals surface area contributed by atoms with Gasteiger partial charge in [0.15, 0.2) is 0 Å². The molecule has 32 heavy (non-hydrogen) atoms. The van der Waals surface area contributed by atoms with Gasteiger partial charge in [-0.05, 0) is 61.2 Å². The third-order valence-corrected chi connectivity index (χ3v) is 5.20. The van der Waals surface area contributed by atoms with Crippen LogP contribution in [0.4, 0.5) is 10.1 Å². The first-order valence-electron chi connectivity index (χ1n) is 10.4. The maximum atomic E-state index is 13.5. The maximum absolute atomic E-state index is 13.5. The number of nitrogens with one attached hydrogen (secondary N) is 1. The Morgan fingerprint density at radius 3 is 2.56 bits per heavy atom. The highest BCUT2D eigenvalue weighted by molar-refractivity contribution is 5.91. The number of hydrogen-bond donors (Lipinski definition) is 1. The van der Waals surface area contributed by atoms with Gasteiger partial charge in [-0.1, -0.05) is 19.1 Å². The van der Waals surface area contributed by atoms with E-state index in [-0.39, 0.29) is 17.5 Å². The van der Waals surface area contributed by atoms with Crippen LogP contribution in [0.1, 0.15) is 30.3 Å². The number of aryl methyl sites for hydroxylation is 2. The number of nitrogens with zero attached hydrogens (tertiary/aromatic N) is 4. The number of carbonyl (C=O) groups excluding carboxylic acids is 1. The zero-order chi connectivity index (χ0) is 22.8. The summed E-state index contributed by atoms with van der Waals surface area (Å²) in [5, 5.41) is 11.1. The van der Waals surface area contributed by atoms with Gasteiger partial charge in [0.25, 0.3) is 0 Å². The van der Waals surface area contributed by atoms with Gasteiger partial charge in [-0.15, -0.1) is 10.2 Å². The van der Waals surface area contributed by atoms with Crippen molar-refractivity contribution in [2.45, 2.75) is 33.6 Å². The number of aromatic nitrogens is 4. The fourth-order valence-corrected chi connectivity index (χ4v) is 3.86. The van der Waals surface area contributed by atoms with Crippen molar-refractivity contribution in [3.05, 3.63) is 88.0 Å². The Morgan fingerprint density at radius 2 is 1.84 bits per heavy atom. The van der Waals surface area contributed by atoms with E-state index in [4.69, 9.17) is 0 Å². The van der Waals surface area contributed by atoms with Crippen molar-refractivity contribution in [2.24, 2.45) is 5.92 Å². The van der Waals surface area contributed by atoms with Gasteiger partial charge in [-0.25, -0.2) is 4.39 Å². The monoisotopic (exact) mass is 433 g/mol. The van der Waals surface area contributed by atoms with Crippen molar-refractivity contribution in [3.8, 4) is 5.69 Å². The smallest absolute Gasteiger partial charge is 0.300 e. The standard InChI is InChI=1S/C24H24FN5O2/c1-15-9-16(2)11-19(10-15)26-22(31)13-17(3)12-21-27-28-23-24(32)29(7-8-30(21)23)20-6-4-5-18(25)14-20/h4-11,14,17H,12-13H2,1-3H3,(H,26,31)/t17-/m0/s1. The molecule has 7 nitrogen and oxygen atoms in total. The lowest BCUT2D eigenvalue weighted by atomic mass is 10.0. The molecule has 164 valence electrons. The molecule has 0 bridgehead atoms. The predicted molar refractivity (Wildman–Crippen MR) is 121 cm³/mol.